The van der Waals surface area contributed by atoms with E-state index in [9.17, 15) is 9.59 Å². The molecule has 3 heterocycles. The first kappa shape index (κ1) is 26.2. The van der Waals surface area contributed by atoms with E-state index in [-0.39, 0.29) is 11.8 Å². The van der Waals surface area contributed by atoms with Gasteiger partial charge in [0.1, 0.15) is 0 Å². The number of nitrogens with zero attached hydrogens (tertiary/aromatic N) is 3. The van der Waals surface area contributed by atoms with E-state index in [0.717, 1.165) is 64.7 Å². The fourth-order valence-corrected chi connectivity index (χ4v) is 5.06. The molecule has 0 fully saturated rings. The zero-order valence-corrected chi connectivity index (χ0v) is 22.8. The average molecular weight is 523 g/mol. The Hall–Kier alpha value is -4.43. The van der Waals surface area contributed by atoms with Crippen LogP contribution in [0.15, 0.2) is 60.9 Å². The van der Waals surface area contributed by atoms with Crippen molar-refractivity contribution in [3.63, 3.8) is 0 Å². The van der Waals surface area contributed by atoms with Crippen LogP contribution in [-0.2, 0) is 4.79 Å². The lowest BCUT2D eigenvalue weighted by Crippen LogP contribution is -2.35. The summed E-state index contributed by atoms with van der Waals surface area (Å²) in [7, 11) is 0. The molecule has 8 nitrogen and oxygen atoms in total. The van der Waals surface area contributed by atoms with Crippen molar-refractivity contribution in [3.8, 4) is 16.8 Å². The SMILES string of the molecule is CCN(CC)CCNC(=O)c1c(C)[nH]c(C=C2C(=O)Nc3ccc(-c4cnn(-c5ccccc5)c4)cc32)c1C. The van der Waals surface area contributed by atoms with Crippen LogP contribution in [-0.4, -0.2) is 57.7 Å². The quantitative estimate of drug-likeness (QED) is 0.268. The van der Waals surface area contributed by atoms with Gasteiger partial charge in [0, 0.05) is 47.5 Å². The van der Waals surface area contributed by atoms with Gasteiger partial charge in [-0.3, -0.25) is 9.59 Å². The van der Waals surface area contributed by atoms with Gasteiger partial charge in [0.15, 0.2) is 0 Å². The number of aromatic nitrogens is 3. The maximum absolute atomic E-state index is 13.0. The summed E-state index contributed by atoms with van der Waals surface area (Å²) in [5.74, 6) is -0.272. The largest absolute Gasteiger partial charge is 0.358 e. The molecular formula is C31H34N6O2. The minimum atomic E-state index is -0.168. The summed E-state index contributed by atoms with van der Waals surface area (Å²) in [5, 5.41) is 10.5. The summed E-state index contributed by atoms with van der Waals surface area (Å²) in [6.07, 6.45) is 5.65. The molecule has 0 atom stereocenters. The summed E-state index contributed by atoms with van der Waals surface area (Å²) < 4.78 is 1.84. The zero-order valence-electron chi connectivity index (χ0n) is 22.8. The number of likely N-dealkylation sites (N-methyl/N-ethyl adjacent to an activating group) is 1. The molecule has 2 aromatic carbocycles. The van der Waals surface area contributed by atoms with E-state index in [1.807, 2.05) is 85.5 Å². The van der Waals surface area contributed by atoms with Gasteiger partial charge < -0.3 is 20.5 Å². The number of rotatable bonds is 9. The molecule has 0 saturated heterocycles. The molecule has 39 heavy (non-hydrogen) atoms. The Kier molecular flexibility index (Phi) is 7.47. The van der Waals surface area contributed by atoms with E-state index in [0.29, 0.717) is 17.7 Å². The van der Waals surface area contributed by atoms with Crippen molar-refractivity contribution in [3.05, 3.63) is 89.0 Å². The zero-order chi connectivity index (χ0) is 27.5. The highest BCUT2D eigenvalue weighted by Gasteiger charge is 2.26. The lowest BCUT2D eigenvalue weighted by Gasteiger charge is -2.18. The number of amides is 2. The van der Waals surface area contributed by atoms with Crippen LogP contribution in [0.1, 0.15) is 46.7 Å². The topological polar surface area (TPSA) is 95.1 Å². The Labute approximate surface area is 228 Å². The average Bonchev–Trinajstić information content (AvgIpc) is 3.63. The summed E-state index contributed by atoms with van der Waals surface area (Å²) in [4.78, 5) is 31.6. The maximum Gasteiger partial charge on any atom is 0.256 e. The fourth-order valence-electron chi connectivity index (χ4n) is 5.06. The van der Waals surface area contributed by atoms with Crippen molar-refractivity contribution in [1.29, 1.82) is 0 Å². The molecule has 8 heteroatoms. The van der Waals surface area contributed by atoms with Crippen molar-refractivity contribution in [2.24, 2.45) is 0 Å². The smallest absolute Gasteiger partial charge is 0.256 e. The Morgan fingerprint density at radius 1 is 1.08 bits per heavy atom. The molecule has 4 aromatic rings. The van der Waals surface area contributed by atoms with Crippen LogP contribution in [0.3, 0.4) is 0 Å². The van der Waals surface area contributed by atoms with Crippen LogP contribution in [0.5, 0.6) is 0 Å². The van der Waals surface area contributed by atoms with E-state index in [2.05, 4.69) is 39.5 Å². The number of anilines is 1. The molecule has 0 radical (unpaired) electrons. The second-order valence-corrected chi connectivity index (χ2v) is 9.73. The maximum atomic E-state index is 13.0. The highest BCUT2D eigenvalue weighted by atomic mass is 16.2. The normalized spacial score (nSPS) is 13.7. The van der Waals surface area contributed by atoms with Crippen LogP contribution in [0, 0.1) is 13.8 Å². The predicted octanol–water partition coefficient (Wildman–Crippen LogP) is 5.05. The van der Waals surface area contributed by atoms with Gasteiger partial charge in [-0.2, -0.15) is 5.10 Å². The molecule has 0 saturated carbocycles. The highest BCUT2D eigenvalue weighted by Crippen LogP contribution is 2.37. The molecular weight excluding hydrogens is 488 g/mol. The lowest BCUT2D eigenvalue weighted by atomic mass is 10.00. The van der Waals surface area contributed by atoms with Gasteiger partial charge in [-0.15, -0.1) is 0 Å². The minimum Gasteiger partial charge on any atom is -0.358 e. The number of fused-ring (bicyclic) bond motifs is 1. The number of carbonyl (C=O) groups is 2. The second kappa shape index (κ2) is 11.1. The van der Waals surface area contributed by atoms with E-state index in [1.54, 1.807) is 0 Å². The summed E-state index contributed by atoms with van der Waals surface area (Å²) in [6, 6.07) is 15.9. The van der Waals surface area contributed by atoms with Gasteiger partial charge in [0.25, 0.3) is 11.8 Å². The van der Waals surface area contributed by atoms with Crippen molar-refractivity contribution in [2.45, 2.75) is 27.7 Å². The Balaban J connectivity index is 1.41. The van der Waals surface area contributed by atoms with Gasteiger partial charge in [-0.25, -0.2) is 4.68 Å². The predicted molar refractivity (Wildman–Crippen MR) is 156 cm³/mol. The van der Waals surface area contributed by atoms with Crippen molar-refractivity contribution < 1.29 is 9.59 Å². The van der Waals surface area contributed by atoms with E-state index in [4.69, 9.17) is 0 Å². The first-order chi connectivity index (χ1) is 18.9. The number of hydrogen-bond acceptors (Lipinski definition) is 4. The standard InChI is InChI=1S/C31H34N6O2/c1-5-36(6-2)15-14-32-31(39)29-20(3)28(34-21(29)4)17-26-25-16-22(12-13-27(25)35-30(26)38)23-18-33-37(19-23)24-10-8-7-9-11-24/h7-13,16-19,34H,5-6,14-15H2,1-4H3,(H,32,39)(H,35,38). The number of aromatic amines is 1. The molecule has 1 aliphatic rings. The lowest BCUT2D eigenvalue weighted by molar-refractivity contribution is -0.110. The Morgan fingerprint density at radius 2 is 1.85 bits per heavy atom. The molecule has 3 N–H and O–H groups in total. The fraction of sp³-hybridized carbons (Fsp3) is 0.258. The van der Waals surface area contributed by atoms with Gasteiger partial charge in [-0.05, 0) is 68.4 Å². The first-order valence-electron chi connectivity index (χ1n) is 13.4. The van der Waals surface area contributed by atoms with Crippen LogP contribution in [0.2, 0.25) is 0 Å². The number of aryl methyl sites for hydroxylation is 1. The van der Waals surface area contributed by atoms with E-state index < -0.39 is 0 Å². The van der Waals surface area contributed by atoms with Crippen LogP contribution in [0.25, 0.3) is 28.5 Å². The summed E-state index contributed by atoms with van der Waals surface area (Å²) >= 11 is 0. The van der Waals surface area contributed by atoms with Crippen LogP contribution < -0.4 is 10.6 Å². The third kappa shape index (κ3) is 5.28. The van der Waals surface area contributed by atoms with E-state index in [1.165, 1.54) is 0 Å². The van der Waals surface area contributed by atoms with Crippen molar-refractivity contribution in [2.75, 3.05) is 31.5 Å². The first-order valence-corrected chi connectivity index (χ1v) is 13.4. The monoisotopic (exact) mass is 522 g/mol. The third-order valence-electron chi connectivity index (χ3n) is 7.34. The van der Waals surface area contributed by atoms with Gasteiger partial charge in [0.2, 0.25) is 0 Å². The molecule has 0 bridgehead atoms. The molecule has 5 rings (SSSR count). The Morgan fingerprint density at radius 3 is 2.59 bits per heavy atom. The Bertz CT molecular complexity index is 1540. The number of para-hydroxylation sites is 1. The van der Waals surface area contributed by atoms with Gasteiger partial charge in [-0.1, -0.05) is 38.1 Å². The third-order valence-corrected chi connectivity index (χ3v) is 7.34. The molecule has 200 valence electrons. The number of hydrogen-bond donors (Lipinski definition) is 3. The molecule has 2 amide bonds. The second-order valence-electron chi connectivity index (χ2n) is 9.73. The molecule has 0 unspecified atom stereocenters. The van der Waals surface area contributed by atoms with Gasteiger partial charge >= 0.3 is 0 Å². The summed E-state index contributed by atoms with van der Waals surface area (Å²) in [5.41, 5.74) is 8.02. The van der Waals surface area contributed by atoms with Gasteiger partial charge in [0.05, 0.1) is 23.0 Å². The van der Waals surface area contributed by atoms with Crippen LogP contribution >= 0.6 is 0 Å². The summed E-state index contributed by atoms with van der Waals surface area (Å²) in [6.45, 7) is 11.3. The van der Waals surface area contributed by atoms with E-state index >= 15 is 0 Å². The van der Waals surface area contributed by atoms with Crippen molar-refractivity contribution >= 4 is 29.2 Å². The molecule has 2 aromatic heterocycles. The number of benzene rings is 2. The number of nitrogens with one attached hydrogen (secondary N) is 3. The minimum absolute atomic E-state index is 0.105. The molecule has 1 aliphatic heterocycles. The van der Waals surface area contributed by atoms with Crippen molar-refractivity contribution in [1.82, 2.24) is 25.0 Å². The van der Waals surface area contributed by atoms with Crippen LogP contribution in [0.4, 0.5) is 5.69 Å². The molecule has 0 spiro atoms. The number of H-pyrrole nitrogens is 1. The highest BCUT2D eigenvalue weighted by molar-refractivity contribution is 6.35. The number of carbonyl (C=O) groups excluding carboxylic acids is 2. The molecule has 0 aliphatic carbocycles.